The Kier molecular flexibility index (Phi) is 6.04. The highest BCUT2D eigenvalue weighted by Crippen LogP contribution is 2.35. The van der Waals surface area contributed by atoms with Gasteiger partial charge in [-0.1, -0.05) is 18.2 Å². The zero-order chi connectivity index (χ0) is 21.3. The Morgan fingerprint density at radius 2 is 1.70 bits per heavy atom. The van der Waals surface area contributed by atoms with Gasteiger partial charge in [-0.25, -0.2) is 0 Å². The maximum Gasteiger partial charge on any atom is 0.269 e. The van der Waals surface area contributed by atoms with Crippen molar-refractivity contribution in [3.05, 3.63) is 94.6 Å². The van der Waals surface area contributed by atoms with Crippen LogP contribution in [-0.4, -0.2) is 10.8 Å². The number of carbonyl (C=O) groups excluding carboxylic acids is 1. The number of anilines is 1. The highest BCUT2D eigenvalue weighted by Gasteiger charge is 2.23. The standard InChI is InChI=1S/C22H14I2N2O4/c23-18-10-14(9-17-16-3-1-2-4-20(16)25-22(17)27)11-19(24)21(18)30-12-13-5-7-15(8-6-13)26(28)29/h1-11H,12H2,(H,25,27)/b17-9-. The number of para-hydroxylation sites is 1. The van der Waals surface area contributed by atoms with Gasteiger partial charge in [0.25, 0.3) is 11.6 Å². The number of hydrogen-bond donors (Lipinski definition) is 1. The first kappa shape index (κ1) is 20.8. The maximum absolute atomic E-state index is 12.3. The molecule has 6 nitrogen and oxygen atoms in total. The molecule has 3 aromatic rings. The molecule has 150 valence electrons. The molecule has 0 spiro atoms. The van der Waals surface area contributed by atoms with E-state index in [1.54, 1.807) is 12.1 Å². The number of nitrogens with zero attached hydrogens (tertiary/aromatic N) is 1. The van der Waals surface area contributed by atoms with Gasteiger partial charge in [0.15, 0.2) is 0 Å². The fourth-order valence-corrected chi connectivity index (χ4v) is 5.25. The first-order chi connectivity index (χ1) is 14.4. The average molecular weight is 624 g/mol. The number of nitro benzene ring substituents is 1. The van der Waals surface area contributed by atoms with E-state index in [1.165, 1.54) is 12.1 Å². The average Bonchev–Trinajstić information content (AvgIpc) is 3.03. The predicted molar refractivity (Wildman–Crippen MR) is 132 cm³/mol. The van der Waals surface area contributed by atoms with Gasteiger partial charge in [-0.2, -0.15) is 0 Å². The Balaban J connectivity index is 1.55. The summed E-state index contributed by atoms with van der Waals surface area (Å²) in [4.78, 5) is 22.7. The number of carbonyl (C=O) groups is 1. The number of hydrogen-bond acceptors (Lipinski definition) is 4. The molecule has 4 rings (SSSR count). The molecule has 1 heterocycles. The van der Waals surface area contributed by atoms with Crippen LogP contribution in [0.5, 0.6) is 5.75 Å². The largest absolute Gasteiger partial charge is 0.487 e. The molecule has 0 saturated carbocycles. The number of ether oxygens (including phenoxy) is 1. The van der Waals surface area contributed by atoms with Crippen molar-refractivity contribution in [2.45, 2.75) is 6.61 Å². The van der Waals surface area contributed by atoms with Gasteiger partial charge in [-0.15, -0.1) is 0 Å². The first-order valence-electron chi connectivity index (χ1n) is 8.90. The number of fused-ring (bicyclic) bond motifs is 1. The third kappa shape index (κ3) is 4.33. The number of rotatable bonds is 5. The summed E-state index contributed by atoms with van der Waals surface area (Å²) in [7, 11) is 0. The van der Waals surface area contributed by atoms with Gasteiger partial charge in [0.2, 0.25) is 0 Å². The van der Waals surface area contributed by atoms with E-state index < -0.39 is 4.92 Å². The monoisotopic (exact) mass is 624 g/mol. The zero-order valence-corrected chi connectivity index (χ0v) is 19.7. The number of amides is 1. The fraction of sp³-hybridized carbons (Fsp3) is 0.0455. The lowest BCUT2D eigenvalue weighted by Gasteiger charge is -2.12. The molecule has 8 heteroatoms. The van der Waals surface area contributed by atoms with E-state index in [4.69, 9.17) is 4.74 Å². The first-order valence-corrected chi connectivity index (χ1v) is 11.1. The molecule has 0 aliphatic carbocycles. The number of benzene rings is 3. The normalized spacial score (nSPS) is 13.8. The molecule has 0 atom stereocenters. The molecule has 0 aromatic heterocycles. The van der Waals surface area contributed by atoms with Crippen molar-refractivity contribution in [3.63, 3.8) is 0 Å². The fourth-order valence-electron chi connectivity index (χ4n) is 3.12. The van der Waals surface area contributed by atoms with E-state index in [0.29, 0.717) is 12.2 Å². The second-order valence-corrected chi connectivity index (χ2v) is 8.91. The molecule has 0 fully saturated rings. The summed E-state index contributed by atoms with van der Waals surface area (Å²) in [5, 5.41) is 13.6. The summed E-state index contributed by atoms with van der Waals surface area (Å²) < 4.78 is 7.80. The second kappa shape index (κ2) is 8.72. The minimum Gasteiger partial charge on any atom is -0.487 e. The molecule has 0 saturated heterocycles. The van der Waals surface area contributed by atoms with E-state index in [9.17, 15) is 14.9 Å². The van der Waals surface area contributed by atoms with Gasteiger partial charge >= 0.3 is 0 Å². The summed E-state index contributed by atoms with van der Waals surface area (Å²) in [6.45, 7) is 0.306. The summed E-state index contributed by atoms with van der Waals surface area (Å²) >= 11 is 4.42. The van der Waals surface area contributed by atoms with Crippen molar-refractivity contribution in [1.82, 2.24) is 0 Å². The lowest BCUT2D eigenvalue weighted by atomic mass is 10.0. The Morgan fingerprint density at radius 3 is 2.37 bits per heavy atom. The van der Waals surface area contributed by atoms with Crippen LogP contribution in [0.3, 0.4) is 0 Å². The molecule has 0 unspecified atom stereocenters. The van der Waals surface area contributed by atoms with Gasteiger partial charge in [-0.3, -0.25) is 14.9 Å². The topological polar surface area (TPSA) is 81.5 Å². The third-order valence-electron chi connectivity index (χ3n) is 4.57. The van der Waals surface area contributed by atoms with Crippen LogP contribution < -0.4 is 10.1 Å². The smallest absolute Gasteiger partial charge is 0.269 e. The third-order valence-corrected chi connectivity index (χ3v) is 6.17. The molecule has 1 amide bonds. The lowest BCUT2D eigenvalue weighted by molar-refractivity contribution is -0.384. The van der Waals surface area contributed by atoms with Crippen molar-refractivity contribution in [3.8, 4) is 5.75 Å². The van der Waals surface area contributed by atoms with Crippen LogP contribution in [0.4, 0.5) is 11.4 Å². The molecule has 0 bridgehead atoms. The van der Waals surface area contributed by atoms with Crippen LogP contribution in [0.25, 0.3) is 11.6 Å². The van der Waals surface area contributed by atoms with Crippen LogP contribution in [0.1, 0.15) is 16.7 Å². The number of nitrogens with one attached hydrogen (secondary N) is 1. The molecule has 0 radical (unpaired) electrons. The van der Waals surface area contributed by atoms with Gasteiger partial charge in [-0.05, 0) is 92.7 Å². The molecule has 3 aromatic carbocycles. The number of nitro groups is 1. The van der Waals surface area contributed by atoms with E-state index in [2.05, 4.69) is 50.5 Å². The molecule has 1 aliphatic heterocycles. The second-order valence-electron chi connectivity index (χ2n) is 6.58. The van der Waals surface area contributed by atoms with Gasteiger partial charge in [0, 0.05) is 29.0 Å². The van der Waals surface area contributed by atoms with E-state index >= 15 is 0 Å². The van der Waals surface area contributed by atoms with Gasteiger partial charge < -0.3 is 10.1 Å². The Morgan fingerprint density at radius 1 is 1.03 bits per heavy atom. The molecule has 1 aliphatic rings. The molecular formula is C22H14I2N2O4. The van der Waals surface area contributed by atoms with Crippen LogP contribution in [0.2, 0.25) is 0 Å². The molecule has 1 N–H and O–H groups in total. The van der Waals surface area contributed by atoms with Crippen LogP contribution in [0, 0.1) is 17.3 Å². The lowest BCUT2D eigenvalue weighted by Crippen LogP contribution is -2.03. The van der Waals surface area contributed by atoms with Gasteiger partial charge in [0.1, 0.15) is 12.4 Å². The van der Waals surface area contributed by atoms with Gasteiger partial charge in [0.05, 0.1) is 12.1 Å². The summed E-state index contributed by atoms with van der Waals surface area (Å²) in [5.41, 5.74) is 4.16. The predicted octanol–water partition coefficient (Wildman–Crippen LogP) is 5.88. The Labute approximate surface area is 199 Å². The maximum atomic E-state index is 12.3. The van der Waals surface area contributed by atoms with Crippen LogP contribution in [0.15, 0.2) is 60.7 Å². The summed E-state index contributed by atoms with van der Waals surface area (Å²) in [6, 6.07) is 17.9. The minimum absolute atomic E-state index is 0.0535. The SMILES string of the molecule is O=C1Nc2ccccc2/C1=C/c1cc(I)c(OCc2ccc([N+](=O)[O-])cc2)c(I)c1. The Bertz CT molecular complexity index is 1170. The van der Waals surface area contributed by atoms with E-state index in [-0.39, 0.29) is 11.6 Å². The molecular weight excluding hydrogens is 610 g/mol. The zero-order valence-electron chi connectivity index (χ0n) is 15.4. The highest BCUT2D eigenvalue weighted by molar-refractivity contribution is 14.1. The van der Waals surface area contributed by atoms with Crippen molar-refractivity contribution < 1.29 is 14.5 Å². The molecule has 30 heavy (non-hydrogen) atoms. The van der Waals surface area contributed by atoms with Crippen molar-refractivity contribution in [2.75, 3.05) is 5.32 Å². The van der Waals surface area contributed by atoms with E-state index in [0.717, 1.165) is 35.3 Å². The van der Waals surface area contributed by atoms with Crippen molar-refractivity contribution in [2.24, 2.45) is 0 Å². The summed E-state index contributed by atoms with van der Waals surface area (Å²) in [6.07, 6.45) is 1.88. The summed E-state index contributed by atoms with van der Waals surface area (Å²) in [5.74, 6) is 0.632. The van der Waals surface area contributed by atoms with Crippen LogP contribution in [-0.2, 0) is 11.4 Å². The van der Waals surface area contributed by atoms with E-state index in [1.807, 2.05) is 42.5 Å². The minimum atomic E-state index is -0.424. The van der Waals surface area contributed by atoms with Crippen molar-refractivity contribution in [1.29, 1.82) is 0 Å². The quantitative estimate of drug-likeness (QED) is 0.167. The number of non-ortho nitro benzene ring substituents is 1. The highest BCUT2D eigenvalue weighted by atomic mass is 127. The Hall–Kier alpha value is -2.47. The van der Waals surface area contributed by atoms with Crippen LogP contribution >= 0.6 is 45.2 Å². The van der Waals surface area contributed by atoms with Crippen molar-refractivity contribution >= 4 is 74.1 Å². The number of halogens is 2.